The number of nitrogens with zero attached hydrogens (tertiary/aromatic N) is 2. The largest absolute Gasteiger partial charge is 0.381 e. The Kier molecular flexibility index (Phi) is 4.80. The van der Waals surface area contributed by atoms with Crippen molar-refractivity contribution in [3.63, 3.8) is 0 Å². The fraction of sp³-hybridized carbons (Fsp3) is 0.562. The van der Waals surface area contributed by atoms with Crippen LogP contribution in [-0.2, 0) is 4.74 Å². The van der Waals surface area contributed by atoms with E-state index in [1.165, 1.54) is 0 Å². The first-order valence-electron chi connectivity index (χ1n) is 7.63. The highest BCUT2D eigenvalue weighted by Crippen LogP contribution is 2.27. The third-order valence-corrected chi connectivity index (χ3v) is 4.72. The molecule has 0 saturated carbocycles. The fourth-order valence-corrected chi connectivity index (χ4v) is 3.42. The molecule has 0 saturated heterocycles. The van der Waals surface area contributed by atoms with E-state index >= 15 is 0 Å². The summed E-state index contributed by atoms with van der Waals surface area (Å²) in [7, 11) is 0. The van der Waals surface area contributed by atoms with Crippen LogP contribution in [0.15, 0.2) is 41.1 Å². The maximum atomic E-state index is 5.62. The molecule has 0 bridgehead atoms. The average Bonchev–Trinajstić information content (AvgIpc) is 2.88. The van der Waals surface area contributed by atoms with Gasteiger partial charge in [0, 0.05) is 25.1 Å². The zero-order valence-electron chi connectivity index (χ0n) is 12.3. The molecule has 0 radical (unpaired) electrons. The minimum Gasteiger partial charge on any atom is -0.381 e. The van der Waals surface area contributed by atoms with Gasteiger partial charge in [-0.25, -0.2) is 0 Å². The lowest BCUT2D eigenvalue weighted by Crippen LogP contribution is -2.46. The van der Waals surface area contributed by atoms with E-state index in [1.807, 2.05) is 6.92 Å². The Bertz CT molecular complexity index is 498. The van der Waals surface area contributed by atoms with Gasteiger partial charge in [0.1, 0.15) is 10.8 Å². The van der Waals surface area contributed by atoms with Gasteiger partial charge < -0.3 is 15.0 Å². The Hall–Kier alpha value is -1.07. The molecule has 0 amide bonds. The first-order chi connectivity index (χ1) is 10.3. The summed E-state index contributed by atoms with van der Waals surface area (Å²) in [4.78, 5) is 7.33. The van der Waals surface area contributed by atoms with Crippen LogP contribution in [0, 0.1) is 5.92 Å². The predicted octanol–water partition coefficient (Wildman–Crippen LogP) is 2.45. The number of aliphatic imine (C=N–C) groups is 1. The molecule has 0 aromatic heterocycles. The molecule has 4 nitrogen and oxygen atoms in total. The lowest BCUT2D eigenvalue weighted by Gasteiger charge is -2.34. The Balaban J connectivity index is 1.74. The van der Waals surface area contributed by atoms with Crippen LogP contribution in [0.2, 0.25) is 0 Å². The van der Waals surface area contributed by atoms with Crippen LogP contribution in [0.1, 0.15) is 13.3 Å². The molecule has 0 fully saturated rings. The van der Waals surface area contributed by atoms with E-state index in [9.17, 15) is 0 Å². The van der Waals surface area contributed by atoms with Gasteiger partial charge in [-0.1, -0.05) is 46.3 Å². The van der Waals surface area contributed by atoms with E-state index in [2.05, 4.69) is 61.5 Å². The van der Waals surface area contributed by atoms with E-state index in [1.54, 1.807) is 0 Å². The number of rotatable bonds is 5. The van der Waals surface area contributed by atoms with E-state index in [-0.39, 0.29) is 0 Å². The van der Waals surface area contributed by atoms with Gasteiger partial charge in [0.2, 0.25) is 0 Å². The molecule has 0 aromatic carbocycles. The number of amidine groups is 1. The zero-order chi connectivity index (χ0) is 14.7. The first kappa shape index (κ1) is 14.9. The van der Waals surface area contributed by atoms with E-state index < -0.39 is 0 Å². The number of fused-ring (bicyclic) bond motifs is 1. The summed E-state index contributed by atoms with van der Waals surface area (Å²) in [5, 5.41) is 3.63. The molecule has 0 aromatic rings. The lowest BCUT2D eigenvalue weighted by atomic mass is 10.0. The monoisotopic (exact) mass is 351 g/mol. The van der Waals surface area contributed by atoms with Crippen molar-refractivity contribution in [2.24, 2.45) is 10.9 Å². The van der Waals surface area contributed by atoms with Gasteiger partial charge in [0.05, 0.1) is 18.8 Å². The standard InChI is InChI=1S/C16H22BrN3O/c1-2-21-11-12-8-14(19-13-6-4-3-5-7-13)16-18-9-15(17)20(16)10-12/h3-6,8,12-13,15,19H,2,7,9-11H2,1H3. The van der Waals surface area contributed by atoms with Crippen molar-refractivity contribution in [1.29, 1.82) is 0 Å². The van der Waals surface area contributed by atoms with Crippen LogP contribution in [-0.4, -0.2) is 48.0 Å². The zero-order valence-corrected chi connectivity index (χ0v) is 13.9. The molecule has 5 heteroatoms. The smallest absolute Gasteiger partial charge is 0.148 e. The molecule has 0 spiro atoms. The highest BCUT2D eigenvalue weighted by molar-refractivity contribution is 9.09. The van der Waals surface area contributed by atoms with Crippen molar-refractivity contribution >= 4 is 21.8 Å². The number of alkyl halides is 1. The van der Waals surface area contributed by atoms with Gasteiger partial charge in [0.25, 0.3) is 0 Å². The second-order valence-electron chi connectivity index (χ2n) is 5.55. The van der Waals surface area contributed by atoms with Gasteiger partial charge in [-0.2, -0.15) is 0 Å². The lowest BCUT2D eigenvalue weighted by molar-refractivity contribution is 0.114. The van der Waals surface area contributed by atoms with Crippen LogP contribution in [0.25, 0.3) is 0 Å². The summed E-state index contributed by atoms with van der Waals surface area (Å²) in [5.41, 5.74) is 1.15. The highest BCUT2D eigenvalue weighted by Gasteiger charge is 2.34. The topological polar surface area (TPSA) is 36.9 Å². The Morgan fingerprint density at radius 3 is 3.14 bits per heavy atom. The normalized spacial score (nSPS) is 31.0. The second kappa shape index (κ2) is 6.79. The fourth-order valence-electron chi connectivity index (χ4n) is 2.91. The van der Waals surface area contributed by atoms with E-state index in [0.717, 1.165) is 44.3 Å². The van der Waals surface area contributed by atoms with Crippen molar-refractivity contribution in [2.45, 2.75) is 24.3 Å². The van der Waals surface area contributed by atoms with Gasteiger partial charge in [-0.3, -0.25) is 4.99 Å². The number of hydrogen-bond acceptors (Lipinski definition) is 4. The molecule has 1 aliphatic carbocycles. The Labute approximate surface area is 134 Å². The molecule has 3 rings (SSSR count). The summed E-state index contributed by atoms with van der Waals surface area (Å²) in [6.07, 6.45) is 11.9. The summed E-state index contributed by atoms with van der Waals surface area (Å²) in [5.74, 6) is 1.50. The number of nitrogens with one attached hydrogen (secondary N) is 1. The quantitative estimate of drug-likeness (QED) is 0.610. The number of hydrogen-bond donors (Lipinski definition) is 1. The van der Waals surface area contributed by atoms with Crippen LogP contribution in [0.5, 0.6) is 0 Å². The number of halogens is 1. The van der Waals surface area contributed by atoms with Crippen LogP contribution in [0.4, 0.5) is 0 Å². The number of ether oxygens (including phenoxy) is 1. The molecule has 1 N–H and O–H groups in total. The molecule has 2 aliphatic heterocycles. The van der Waals surface area contributed by atoms with Gasteiger partial charge in [-0.15, -0.1) is 0 Å². The molecule has 3 atom stereocenters. The molecule has 3 aliphatic rings. The van der Waals surface area contributed by atoms with E-state index in [4.69, 9.17) is 4.74 Å². The summed E-state index contributed by atoms with van der Waals surface area (Å²) >= 11 is 3.72. The van der Waals surface area contributed by atoms with Crippen molar-refractivity contribution in [3.05, 3.63) is 36.1 Å². The Morgan fingerprint density at radius 2 is 2.38 bits per heavy atom. The van der Waals surface area contributed by atoms with Crippen molar-refractivity contribution < 1.29 is 4.74 Å². The van der Waals surface area contributed by atoms with Gasteiger partial charge in [-0.05, 0) is 13.3 Å². The molecule has 2 heterocycles. The summed E-state index contributed by atoms with van der Waals surface area (Å²) < 4.78 is 5.62. The summed E-state index contributed by atoms with van der Waals surface area (Å²) in [6.45, 7) is 5.37. The third-order valence-electron chi connectivity index (χ3n) is 3.93. The van der Waals surface area contributed by atoms with Crippen LogP contribution < -0.4 is 5.32 Å². The predicted molar refractivity (Wildman–Crippen MR) is 89.6 cm³/mol. The maximum Gasteiger partial charge on any atom is 0.148 e. The molecule has 3 unspecified atom stereocenters. The minimum absolute atomic E-state index is 0.309. The third kappa shape index (κ3) is 3.40. The summed E-state index contributed by atoms with van der Waals surface area (Å²) in [6, 6.07) is 0.353. The SMILES string of the molecule is CCOCC1C=C(NC2C=CC=CC2)C2=NCC(Br)N2C1. The van der Waals surface area contributed by atoms with Crippen LogP contribution >= 0.6 is 15.9 Å². The average molecular weight is 352 g/mol. The van der Waals surface area contributed by atoms with E-state index in [0.29, 0.717) is 16.9 Å². The molecule has 21 heavy (non-hydrogen) atoms. The maximum absolute atomic E-state index is 5.62. The Morgan fingerprint density at radius 1 is 1.48 bits per heavy atom. The van der Waals surface area contributed by atoms with Gasteiger partial charge >= 0.3 is 0 Å². The first-order valence-corrected chi connectivity index (χ1v) is 8.54. The molecular weight excluding hydrogens is 330 g/mol. The molecular formula is C16H22BrN3O. The van der Waals surface area contributed by atoms with Crippen molar-refractivity contribution in [2.75, 3.05) is 26.3 Å². The second-order valence-corrected chi connectivity index (χ2v) is 6.61. The van der Waals surface area contributed by atoms with Crippen molar-refractivity contribution in [3.8, 4) is 0 Å². The molecule has 114 valence electrons. The van der Waals surface area contributed by atoms with Gasteiger partial charge in [0.15, 0.2) is 0 Å². The number of allylic oxidation sites excluding steroid dienone is 2. The van der Waals surface area contributed by atoms with Crippen molar-refractivity contribution in [1.82, 2.24) is 10.2 Å². The minimum atomic E-state index is 0.309. The highest BCUT2D eigenvalue weighted by atomic mass is 79.9. The van der Waals surface area contributed by atoms with Crippen LogP contribution in [0.3, 0.4) is 0 Å².